The van der Waals surface area contributed by atoms with E-state index in [2.05, 4.69) is 77.3 Å². The fraction of sp³-hybridized carbons (Fsp3) is 0.179. The first-order valence-corrected chi connectivity index (χ1v) is 11.4. The third kappa shape index (κ3) is 4.21. The molecule has 0 amide bonds. The molecule has 4 heteroatoms. The minimum Gasteiger partial charge on any atom is -0.391 e. The summed E-state index contributed by atoms with van der Waals surface area (Å²) in [6.07, 6.45) is 2.99. The van der Waals surface area contributed by atoms with Crippen LogP contribution in [-0.2, 0) is 17.9 Å². The monoisotopic (exact) mass is 440 g/mol. The molecule has 1 aliphatic carbocycles. The molecule has 0 atom stereocenters. The van der Waals surface area contributed by atoms with E-state index in [-0.39, 0.29) is 0 Å². The standard InChI is InChI=1S/C28H25ClN2O/c1-20-10-16-24(17-11-20)31-27-9-5-8-26(30-32-19-21-12-14-23(29)15-13-21)25(27)18-28(31)22-6-3-2-4-7-22/h2-4,6-7,10-18H,5,8-9,19H2,1H3. The molecular weight excluding hydrogens is 416 g/mol. The quantitative estimate of drug-likeness (QED) is 0.297. The van der Waals surface area contributed by atoms with Crippen LogP contribution in [0, 0.1) is 6.92 Å². The van der Waals surface area contributed by atoms with Gasteiger partial charge in [0.2, 0.25) is 0 Å². The molecule has 0 radical (unpaired) electrons. The maximum Gasteiger partial charge on any atom is 0.142 e. The van der Waals surface area contributed by atoms with Crippen LogP contribution >= 0.6 is 11.6 Å². The Hall–Kier alpha value is -3.30. The molecule has 32 heavy (non-hydrogen) atoms. The predicted molar refractivity (Wildman–Crippen MR) is 132 cm³/mol. The molecule has 1 heterocycles. The van der Waals surface area contributed by atoms with Gasteiger partial charge in [0.25, 0.3) is 0 Å². The fourth-order valence-electron chi connectivity index (χ4n) is 4.27. The molecule has 0 aliphatic heterocycles. The van der Waals surface area contributed by atoms with Crippen molar-refractivity contribution in [2.45, 2.75) is 32.8 Å². The molecule has 160 valence electrons. The Labute approximate surface area is 193 Å². The second kappa shape index (κ2) is 9.05. The van der Waals surface area contributed by atoms with E-state index in [0.717, 1.165) is 35.6 Å². The zero-order valence-electron chi connectivity index (χ0n) is 18.1. The molecule has 0 N–H and O–H groups in total. The maximum atomic E-state index is 5.98. The van der Waals surface area contributed by atoms with Gasteiger partial charge in [-0.25, -0.2) is 0 Å². The number of benzene rings is 3. The van der Waals surface area contributed by atoms with Gasteiger partial charge >= 0.3 is 0 Å². The van der Waals surface area contributed by atoms with Crippen molar-refractivity contribution >= 4 is 17.3 Å². The van der Waals surface area contributed by atoms with Crippen LogP contribution in [-0.4, -0.2) is 10.3 Å². The fourth-order valence-corrected chi connectivity index (χ4v) is 4.40. The van der Waals surface area contributed by atoms with Crippen LogP contribution in [0.2, 0.25) is 5.02 Å². The molecule has 0 saturated carbocycles. The Morgan fingerprint density at radius 1 is 0.906 bits per heavy atom. The van der Waals surface area contributed by atoms with E-state index < -0.39 is 0 Å². The lowest BCUT2D eigenvalue weighted by Crippen LogP contribution is -2.14. The Bertz CT molecular complexity index is 1240. The summed E-state index contributed by atoms with van der Waals surface area (Å²) < 4.78 is 2.39. The summed E-state index contributed by atoms with van der Waals surface area (Å²) in [5.41, 5.74) is 9.38. The van der Waals surface area contributed by atoms with Gasteiger partial charge in [-0.1, -0.05) is 76.9 Å². The molecule has 0 spiro atoms. The largest absolute Gasteiger partial charge is 0.391 e. The molecule has 0 unspecified atom stereocenters. The Morgan fingerprint density at radius 2 is 1.66 bits per heavy atom. The average molecular weight is 441 g/mol. The van der Waals surface area contributed by atoms with Crippen molar-refractivity contribution in [2.75, 3.05) is 0 Å². The summed E-state index contributed by atoms with van der Waals surface area (Å²) >= 11 is 5.98. The van der Waals surface area contributed by atoms with Gasteiger partial charge in [-0.2, -0.15) is 0 Å². The third-order valence-electron chi connectivity index (χ3n) is 5.92. The van der Waals surface area contributed by atoms with Gasteiger partial charge in [-0.3, -0.25) is 0 Å². The number of hydrogen-bond donors (Lipinski definition) is 0. The first-order chi connectivity index (χ1) is 15.7. The minimum atomic E-state index is 0.431. The molecule has 3 aromatic carbocycles. The molecule has 0 bridgehead atoms. The topological polar surface area (TPSA) is 26.5 Å². The van der Waals surface area contributed by atoms with Crippen LogP contribution in [0.4, 0.5) is 0 Å². The molecule has 4 aromatic rings. The highest BCUT2D eigenvalue weighted by molar-refractivity contribution is 6.30. The van der Waals surface area contributed by atoms with Crippen molar-refractivity contribution in [3.05, 3.63) is 112 Å². The van der Waals surface area contributed by atoms with Crippen LogP contribution in [0.1, 0.15) is 35.2 Å². The maximum absolute atomic E-state index is 5.98. The Kier molecular flexibility index (Phi) is 5.83. The number of nitrogens with zero attached hydrogens (tertiary/aromatic N) is 2. The van der Waals surface area contributed by atoms with Crippen molar-refractivity contribution in [2.24, 2.45) is 5.16 Å². The highest BCUT2D eigenvalue weighted by Gasteiger charge is 2.24. The van der Waals surface area contributed by atoms with Crippen LogP contribution in [0.25, 0.3) is 16.9 Å². The lowest BCUT2D eigenvalue weighted by atomic mass is 9.95. The number of rotatable bonds is 5. The Balaban J connectivity index is 1.53. The summed E-state index contributed by atoms with van der Waals surface area (Å²) in [6, 6.07) is 29.3. The van der Waals surface area contributed by atoms with Gasteiger partial charge in [0, 0.05) is 22.0 Å². The van der Waals surface area contributed by atoms with Crippen molar-refractivity contribution in [1.82, 2.24) is 4.57 Å². The van der Waals surface area contributed by atoms with E-state index in [1.807, 2.05) is 24.3 Å². The van der Waals surface area contributed by atoms with E-state index in [1.54, 1.807) is 0 Å². The third-order valence-corrected chi connectivity index (χ3v) is 6.17. The minimum absolute atomic E-state index is 0.431. The second-order valence-electron chi connectivity index (χ2n) is 8.22. The van der Waals surface area contributed by atoms with Gasteiger partial charge < -0.3 is 9.40 Å². The normalized spacial score (nSPS) is 14.4. The summed E-state index contributed by atoms with van der Waals surface area (Å²) in [7, 11) is 0. The molecule has 1 aromatic heterocycles. The lowest BCUT2D eigenvalue weighted by molar-refractivity contribution is 0.130. The summed E-state index contributed by atoms with van der Waals surface area (Å²) in [4.78, 5) is 5.77. The predicted octanol–water partition coefficient (Wildman–Crippen LogP) is 7.36. The molecule has 5 rings (SSSR count). The lowest BCUT2D eigenvalue weighted by Gasteiger charge is -2.19. The summed E-state index contributed by atoms with van der Waals surface area (Å²) in [6.45, 7) is 2.55. The highest BCUT2D eigenvalue weighted by Crippen LogP contribution is 2.34. The first kappa shape index (κ1) is 20.6. The number of aromatic nitrogens is 1. The van der Waals surface area contributed by atoms with E-state index in [4.69, 9.17) is 16.4 Å². The van der Waals surface area contributed by atoms with Crippen LogP contribution in [0.5, 0.6) is 0 Å². The van der Waals surface area contributed by atoms with E-state index in [1.165, 1.54) is 33.8 Å². The van der Waals surface area contributed by atoms with Crippen molar-refractivity contribution in [1.29, 1.82) is 0 Å². The Morgan fingerprint density at radius 3 is 2.41 bits per heavy atom. The molecule has 3 nitrogen and oxygen atoms in total. The number of aryl methyl sites for hydroxylation is 1. The molecule has 0 fully saturated rings. The second-order valence-corrected chi connectivity index (χ2v) is 8.65. The number of halogens is 1. The number of oxime groups is 1. The smallest absolute Gasteiger partial charge is 0.142 e. The van der Waals surface area contributed by atoms with Crippen molar-refractivity contribution in [3.8, 4) is 16.9 Å². The van der Waals surface area contributed by atoms with Gasteiger partial charge in [-0.15, -0.1) is 0 Å². The van der Waals surface area contributed by atoms with Gasteiger partial charge in [0.1, 0.15) is 6.61 Å². The van der Waals surface area contributed by atoms with Gasteiger partial charge in [-0.05, 0) is 67.6 Å². The summed E-state index contributed by atoms with van der Waals surface area (Å²) in [5.74, 6) is 0. The van der Waals surface area contributed by atoms with Gasteiger partial charge in [0.05, 0.1) is 11.4 Å². The van der Waals surface area contributed by atoms with Crippen molar-refractivity contribution in [3.63, 3.8) is 0 Å². The molecule has 0 saturated heterocycles. The first-order valence-electron chi connectivity index (χ1n) is 11.0. The number of hydrogen-bond acceptors (Lipinski definition) is 2. The van der Waals surface area contributed by atoms with Crippen molar-refractivity contribution < 1.29 is 4.84 Å². The molecule has 1 aliphatic rings. The SMILES string of the molecule is Cc1ccc(-n2c(-c3ccccc3)cc3c2CCCC3=NOCc2ccc(Cl)cc2)cc1. The summed E-state index contributed by atoms with van der Waals surface area (Å²) in [5, 5.41) is 5.29. The zero-order valence-corrected chi connectivity index (χ0v) is 18.8. The van der Waals surface area contributed by atoms with Crippen LogP contribution in [0.15, 0.2) is 90.1 Å². The zero-order chi connectivity index (χ0) is 21.9. The average Bonchev–Trinajstić information content (AvgIpc) is 3.22. The van der Waals surface area contributed by atoms with E-state index in [0.29, 0.717) is 6.61 Å². The highest BCUT2D eigenvalue weighted by atomic mass is 35.5. The number of fused-ring (bicyclic) bond motifs is 1. The van der Waals surface area contributed by atoms with E-state index in [9.17, 15) is 0 Å². The van der Waals surface area contributed by atoms with Gasteiger partial charge in [0.15, 0.2) is 0 Å². The molecular formula is C28H25ClN2O. The van der Waals surface area contributed by atoms with Crippen LogP contribution < -0.4 is 0 Å². The van der Waals surface area contributed by atoms with Crippen LogP contribution in [0.3, 0.4) is 0 Å². The van der Waals surface area contributed by atoms with E-state index >= 15 is 0 Å².